The number of hydrogen-bond acceptors (Lipinski definition) is 5. The van der Waals surface area contributed by atoms with E-state index in [9.17, 15) is 12.8 Å². The van der Waals surface area contributed by atoms with Gasteiger partial charge in [0.15, 0.2) is 0 Å². The van der Waals surface area contributed by atoms with Crippen molar-refractivity contribution in [2.75, 3.05) is 12.8 Å². The molecule has 0 fully saturated rings. The summed E-state index contributed by atoms with van der Waals surface area (Å²) >= 11 is 0. The van der Waals surface area contributed by atoms with E-state index in [0.717, 1.165) is 17.9 Å². The quantitative estimate of drug-likeness (QED) is 0.634. The Hall–Kier alpha value is -2.00. The van der Waals surface area contributed by atoms with Crippen molar-refractivity contribution in [2.45, 2.75) is 26.1 Å². The normalized spacial score (nSPS) is 12.0. The number of ether oxygens (including phenoxy) is 1. The van der Waals surface area contributed by atoms with Crippen LogP contribution in [0.1, 0.15) is 18.1 Å². The van der Waals surface area contributed by atoms with E-state index in [1.54, 1.807) is 18.2 Å². The predicted octanol–water partition coefficient (Wildman–Crippen LogP) is 2.35. The van der Waals surface area contributed by atoms with Crippen LogP contribution >= 0.6 is 0 Å². The molecule has 0 aliphatic carbocycles. The van der Waals surface area contributed by atoms with Crippen LogP contribution in [-0.2, 0) is 23.3 Å². The lowest BCUT2D eigenvalue weighted by molar-refractivity contribution is 0.299. The first-order valence-corrected chi connectivity index (χ1v) is 9.85. The number of benzene rings is 2. The van der Waals surface area contributed by atoms with Gasteiger partial charge >= 0.3 is 0 Å². The van der Waals surface area contributed by atoms with Crippen molar-refractivity contribution in [3.05, 3.63) is 65.5 Å². The van der Waals surface area contributed by atoms with Crippen LogP contribution in [-0.4, -0.2) is 31.8 Å². The minimum Gasteiger partial charge on any atom is -0.489 e. The standard InChI is InChI=1S/C17H21FN2O.CH4O3S/c1-13(10-19)20-11-14-6-8-16(9-7-14)21-12-15-4-2-3-5-17(15)18;1-5(2,3)4/h2-9,13,20H,10-12,19H2,1H3;1H3,(H,2,3,4)/t13-;/m0./s1. The van der Waals surface area contributed by atoms with Crippen LogP contribution in [0.5, 0.6) is 5.75 Å². The minimum atomic E-state index is -3.67. The van der Waals surface area contributed by atoms with E-state index in [1.807, 2.05) is 31.2 Å². The highest BCUT2D eigenvalue weighted by atomic mass is 32.2. The van der Waals surface area contributed by atoms with Crippen molar-refractivity contribution < 1.29 is 22.1 Å². The summed E-state index contributed by atoms with van der Waals surface area (Å²) in [6.07, 6.45) is 0.715. The first-order chi connectivity index (χ1) is 12.2. The number of nitrogens with one attached hydrogen (secondary N) is 1. The van der Waals surface area contributed by atoms with Gasteiger partial charge in [-0.2, -0.15) is 8.42 Å². The monoisotopic (exact) mass is 384 g/mol. The third kappa shape index (κ3) is 10.1. The van der Waals surface area contributed by atoms with Gasteiger partial charge < -0.3 is 15.8 Å². The maximum absolute atomic E-state index is 13.5. The van der Waals surface area contributed by atoms with E-state index in [1.165, 1.54) is 6.07 Å². The molecule has 0 bridgehead atoms. The van der Waals surface area contributed by atoms with E-state index in [2.05, 4.69) is 5.32 Å². The average molecular weight is 384 g/mol. The predicted molar refractivity (Wildman–Crippen MR) is 100 cm³/mol. The molecule has 0 aliphatic rings. The molecule has 0 spiro atoms. The molecule has 0 unspecified atom stereocenters. The number of nitrogens with two attached hydrogens (primary N) is 1. The maximum atomic E-state index is 13.5. The van der Waals surface area contributed by atoms with Gasteiger partial charge in [-0.1, -0.05) is 30.3 Å². The van der Waals surface area contributed by atoms with Crippen LogP contribution in [0.4, 0.5) is 4.39 Å². The Morgan fingerprint density at radius 1 is 1.19 bits per heavy atom. The summed E-state index contributed by atoms with van der Waals surface area (Å²) in [4.78, 5) is 0. The molecule has 0 saturated heterocycles. The molecule has 4 N–H and O–H groups in total. The molecule has 2 rings (SSSR count). The van der Waals surface area contributed by atoms with Crippen LogP contribution in [0.2, 0.25) is 0 Å². The fraction of sp³-hybridized carbons (Fsp3) is 0.333. The molecular weight excluding hydrogens is 359 g/mol. The SMILES string of the molecule is CS(=O)(=O)O.C[C@@H](CN)NCc1ccc(OCc2ccccc2F)cc1. The molecular formula is C18H25FN2O4S. The van der Waals surface area contributed by atoms with E-state index in [4.69, 9.17) is 15.0 Å². The summed E-state index contributed by atoms with van der Waals surface area (Å²) in [6, 6.07) is 14.7. The number of rotatable bonds is 7. The Morgan fingerprint density at radius 3 is 2.31 bits per heavy atom. The van der Waals surface area contributed by atoms with Crippen LogP contribution in [0.25, 0.3) is 0 Å². The third-order valence-electron chi connectivity index (χ3n) is 3.28. The molecule has 26 heavy (non-hydrogen) atoms. The Balaban J connectivity index is 0.000000597. The Labute approximate surface area is 153 Å². The highest BCUT2D eigenvalue weighted by Gasteiger charge is 2.02. The van der Waals surface area contributed by atoms with E-state index < -0.39 is 10.1 Å². The second kappa shape index (κ2) is 10.9. The fourth-order valence-corrected chi connectivity index (χ4v) is 1.86. The Bertz CT molecular complexity index is 759. The fourth-order valence-electron chi connectivity index (χ4n) is 1.86. The molecule has 1 atom stereocenters. The van der Waals surface area contributed by atoms with E-state index >= 15 is 0 Å². The summed E-state index contributed by atoms with van der Waals surface area (Å²) < 4.78 is 44.9. The van der Waals surface area contributed by atoms with Gasteiger partial charge in [0, 0.05) is 24.7 Å². The van der Waals surface area contributed by atoms with Crippen molar-refractivity contribution in [1.82, 2.24) is 5.32 Å². The largest absolute Gasteiger partial charge is 0.489 e. The van der Waals surface area contributed by atoms with Gasteiger partial charge in [-0.15, -0.1) is 0 Å². The van der Waals surface area contributed by atoms with Gasteiger partial charge in [0.2, 0.25) is 0 Å². The van der Waals surface area contributed by atoms with Crippen molar-refractivity contribution in [3.63, 3.8) is 0 Å². The smallest absolute Gasteiger partial charge is 0.261 e. The van der Waals surface area contributed by atoms with Gasteiger partial charge in [-0.3, -0.25) is 4.55 Å². The number of halogens is 1. The first kappa shape index (κ1) is 22.0. The lowest BCUT2D eigenvalue weighted by Crippen LogP contribution is -2.32. The molecule has 8 heteroatoms. The lowest BCUT2D eigenvalue weighted by Gasteiger charge is -2.12. The zero-order valence-corrected chi connectivity index (χ0v) is 15.7. The van der Waals surface area contributed by atoms with Crippen LogP contribution in [0, 0.1) is 5.82 Å². The summed E-state index contributed by atoms with van der Waals surface area (Å²) in [7, 11) is -3.67. The van der Waals surface area contributed by atoms with Gasteiger partial charge in [0.25, 0.3) is 10.1 Å². The van der Waals surface area contributed by atoms with Gasteiger partial charge in [0.1, 0.15) is 18.2 Å². The van der Waals surface area contributed by atoms with E-state index in [0.29, 0.717) is 24.4 Å². The van der Waals surface area contributed by atoms with Gasteiger partial charge in [-0.25, -0.2) is 4.39 Å². The average Bonchev–Trinajstić information content (AvgIpc) is 2.58. The van der Waals surface area contributed by atoms with Crippen molar-refractivity contribution in [3.8, 4) is 5.75 Å². The third-order valence-corrected chi connectivity index (χ3v) is 3.28. The minimum absolute atomic E-state index is 0.231. The molecule has 2 aromatic carbocycles. The topological polar surface area (TPSA) is 102 Å². The van der Waals surface area contributed by atoms with Gasteiger partial charge in [0.05, 0.1) is 6.26 Å². The van der Waals surface area contributed by atoms with Crippen LogP contribution < -0.4 is 15.8 Å². The van der Waals surface area contributed by atoms with Crippen LogP contribution in [0.3, 0.4) is 0 Å². The summed E-state index contributed by atoms with van der Waals surface area (Å²) in [5, 5.41) is 3.32. The molecule has 0 heterocycles. The molecule has 0 amide bonds. The van der Waals surface area contributed by atoms with Gasteiger partial charge in [-0.05, 0) is 30.7 Å². The highest BCUT2D eigenvalue weighted by molar-refractivity contribution is 7.85. The second-order valence-electron chi connectivity index (χ2n) is 5.77. The molecule has 144 valence electrons. The molecule has 2 aromatic rings. The van der Waals surface area contributed by atoms with Crippen LogP contribution in [0.15, 0.2) is 48.5 Å². The summed E-state index contributed by atoms with van der Waals surface area (Å²) in [5.74, 6) is 0.489. The Kier molecular flexibility index (Phi) is 9.22. The zero-order valence-electron chi connectivity index (χ0n) is 14.9. The zero-order chi connectivity index (χ0) is 19.6. The lowest BCUT2D eigenvalue weighted by atomic mass is 10.2. The molecule has 0 radical (unpaired) electrons. The van der Waals surface area contributed by atoms with Crippen molar-refractivity contribution in [1.29, 1.82) is 0 Å². The maximum Gasteiger partial charge on any atom is 0.261 e. The summed E-state index contributed by atoms with van der Waals surface area (Å²) in [5.41, 5.74) is 7.27. The molecule has 0 aliphatic heterocycles. The molecule has 6 nitrogen and oxygen atoms in total. The molecule has 0 saturated carbocycles. The molecule has 0 aromatic heterocycles. The summed E-state index contributed by atoms with van der Waals surface area (Å²) in [6.45, 7) is 3.66. The first-order valence-electron chi connectivity index (χ1n) is 8.00. The second-order valence-corrected chi connectivity index (χ2v) is 7.24. The van der Waals surface area contributed by atoms with Crippen molar-refractivity contribution in [2.24, 2.45) is 5.73 Å². The number of hydrogen-bond donors (Lipinski definition) is 3. The van der Waals surface area contributed by atoms with Crippen molar-refractivity contribution >= 4 is 10.1 Å². The highest BCUT2D eigenvalue weighted by Crippen LogP contribution is 2.15. The van der Waals surface area contributed by atoms with E-state index in [-0.39, 0.29) is 12.4 Å². The Morgan fingerprint density at radius 2 is 1.77 bits per heavy atom.